The summed E-state index contributed by atoms with van der Waals surface area (Å²) in [7, 11) is 0. The molecular formula is C16H24N6O2S. The summed E-state index contributed by atoms with van der Waals surface area (Å²) in [5, 5.41) is 17.3. The minimum atomic E-state index is 0.267. The minimum absolute atomic E-state index is 0.267. The molecule has 0 bridgehead atoms. The van der Waals surface area contributed by atoms with Crippen LogP contribution in [0, 0.1) is 6.92 Å². The predicted octanol–water partition coefficient (Wildman–Crippen LogP) is 1.91. The first-order chi connectivity index (χ1) is 12.3. The first-order valence-corrected chi connectivity index (χ1v) is 9.95. The van der Waals surface area contributed by atoms with Crippen molar-refractivity contribution >= 4 is 11.8 Å². The van der Waals surface area contributed by atoms with Gasteiger partial charge in [-0.15, -0.1) is 10.2 Å². The summed E-state index contributed by atoms with van der Waals surface area (Å²) in [6, 6.07) is 0. The normalized spacial score (nSPS) is 21.9. The van der Waals surface area contributed by atoms with Crippen LogP contribution in [0.1, 0.15) is 49.1 Å². The molecule has 1 N–H and O–H groups in total. The first kappa shape index (κ1) is 17.0. The first-order valence-electron chi connectivity index (χ1n) is 8.97. The summed E-state index contributed by atoms with van der Waals surface area (Å²) < 4.78 is 13.2. The van der Waals surface area contributed by atoms with Crippen LogP contribution in [0.2, 0.25) is 0 Å². The molecule has 2 aliphatic rings. The van der Waals surface area contributed by atoms with Gasteiger partial charge >= 0.3 is 0 Å². The Morgan fingerprint density at radius 3 is 2.84 bits per heavy atom. The molecule has 0 aliphatic carbocycles. The second-order valence-corrected chi connectivity index (χ2v) is 7.57. The van der Waals surface area contributed by atoms with Crippen molar-refractivity contribution in [2.75, 3.05) is 19.7 Å². The number of piperidine rings is 1. The summed E-state index contributed by atoms with van der Waals surface area (Å²) in [6.07, 6.45) is 4.73. The van der Waals surface area contributed by atoms with Gasteiger partial charge in [-0.25, -0.2) is 0 Å². The molecule has 25 heavy (non-hydrogen) atoms. The van der Waals surface area contributed by atoms with Gasteiger partial charge in [-0.05, 0) is 38.8 Å². The van der Waals surface area contributed by atoms with Gasteiger partial charge < -0.3 is 19.1 Å². The summed E-state index contributed by atoms with van der Waals surface area (Å²) in [6.45, 7) is 5.58. The number of thioether (sulfide) groups is 1. The van der Waals surface area contributed by atoms with Crippen LogP contribution in [0.4, 0.5) is 0 Å². The zero-order valence-electron chi connectivity index (χ0n) is 14.5. The SMILES string of the molecule is Cc1nc(CSc2nnc(C3CCNCC3)n2CC2CCCO2)no1. The fourth-order valence-electron chi connectivity index (χ4n) is 3.48. The van der Waals surface area contributed by atoms with Gasteiger partial charge in [0.1, 0.15) is 5.82 Å². The summed E-state index contributed by atoms with van der Waals surface area (Å²) in [5.41, 5.74) is 0. The van der Waals surface area contributed by atoms with Crippen molar-refractivity contribution in [3.8, 4) is 0 Å². The molecule has 0 aromatic carbocycles. The van der Waals surface area contributed by atoms with Gasteiger partial charge in [-0.3, -0.25) is 0 Å². The lowest BCUT2D eigenvalue weighted by Crippen LogP contribution is -2.29. The van der Waals surface area contributed by atoms with E-state index in [9.17, 15) is 0 Å². The van der Waals surface area contributed by atoms with Crippen LogP contribution in [0.3, 0.4) is 0 Å². The molecule has 4 rings (SSSR count). The lowest BCUT2D eigenvalue weighted by Gasteiger charge is -2.23. The Morgan fingerprint density at radius 1 is 1.24 bits per heavy atom. The van der Waals surface area contributed by atoms with E-state index in [0.29, 0.717) is 23.4 Å². The third-order valence-electron chi connectivity index (χ3n) is 4.76. The van der Waals surface area contributed by atoms with Crippen molar-refractivity contribution in [2.45, 2.75) is 62.1 Å². The fraction of sp³-hybridized carbons (Fsp3) is 0.750. The van der Waals surface area contributed by atoms with E-state index in [-0.39, 0.29) is 6.10 Å². The molecule has 1 unspecified atom stereocenters. The van der Waals surface area contributed by atoms with Gasteiger partial charge in [0, 0.05) is 19.4 Å². The highest BCUT2D eigenvalue weighted by Crippen LogP contribution is 2.30. The third kappa shape index (κ3) is 4.04. The second kappa shape index (κ2) is 7.84. The Balaban J connectivity index is 1.52. The summed E-state index contributed by atoms with van der Waals surface area (Å²) in [5.74, 6) is 3.48. The van der Waals surface area contributed by atoms with E-state index in [1.807, 2.05) is 0 Å². The molecule has 2 aromatic heterocycles. The van der Waals surface area contributed by atoms with Crippen LogP contribution in [0.25, 0.3) is 0 Å². The van der Waals surface area contributed by atoms with Gasteiger partial charge in [0.05, 0.1) is 18.4 Å². The van der Waals surface area contributed by atoms with E-state index in [2.05, 4.69) is 30.2 Å². The molecule has 8 nitrogen and oxygen atoms in total. The molecule has 0 spiro atoms. The van der Waals surface area contributed by atoms with E-state index in [0.717, 1.165) is 62.9 Å². The standard InChI is InChI=1S/C16H24N6O2S/c1-11-18-14(21-24-11)10-25-16-20-19-15(12-4-6-17-7-5-12)22(16)9-13-3-2-8-23-13/h12-13,17H,2-10H2,1H3. The fourth-order valence-corrected chi connectivity index (χ4v) is 4.28. The lowest BCUT2D eigenvalue weighted by molar-refractivity contribution is 0.0936. The molecule has 0 amide bonds. The number of nitrogens with zero attached hydrogens (tertiary/aromatic N) is 5. The zero-order chi connectivity index (χ0) is 17.1. The largest absolute Gasteiger partial charge is 0.376 e. The van der Waals surface area contributed by atoms with Crippen LogP contribution in [-0.4, -0.2) is 50.7 Å². The molecule has 136 valence electrons. The van der Waals surface area contributed by atoms with E-state index in [1.54, 1.807) is 18.7 Å². The smallest absolute Gasteiger partial charge is 0.223 e. The molecule has 9 heteroatoms. The van der Waals surface area contributed by atoms with Crippen molar-refractivity contribution < 1.29 is 9.26 Å². The van der Waals surface area contributed by atoms with Crippen LogP contribution in [0.5, 0.6) is 0 Å². The van der Waals surface area contributed by atoms with E-state index in [1.165, 1.54) is 0 Å². The van der Waals surface area contributed by atoms with Crippen molar-refractivity contribution in [1.82, 2.24) is 30.2 Å². The number of aromatic nitrogens is 5. The maximum absolute atomic E-state index is 5.85. The highest BCUT2D eigenvalue weighted by atomic mass is 32.2. The second-order valence-electron chi connectivity index (χ2n) is 6.63. The van der Waals surface area contributed by atoms with Crippen LogP contribution < -0.4 is 5.32 Å². The average molecular weight is 364 g/mol. The van der Waals surface area contributed by atoms with E-state index >= 15 is 0 Å². The molecule has 2 saturated heterocycles. The van der Waals surface area contributed by atoms with Crippen molar-refractivity contribution in [2.24, 2.45) is 0 Å². The third-order valence-corrected chi connectivity index (χ3v) is 5.72. The molecule has 0 radical (unpaired) electrons. The maximum atomic E-state index is 5.85. The predicted molar refractivity (Wildman–Crippen MR) is 92.4 cm³/mol. The van der Waals surface area contributed by atoms with Crippen LogP contribution >= 0.6 is 11.8 Å². The number of hydrogen-bond acceptors (Lipinski definition) is 8. The molecule has 0 saturated carbocycles. The van der Waals surface area contributed by atoms with Gasteiger partial charge in [0.15, 0.2) is 11.0 Å². The average Bonchev–Trinajstić information content (AvgIpc) is 3.36. The number of nitrogens with one attached hydrogen (secondary N) is 1. The molecule has 1 atom stereocenters. The summed E-state index contributed by atoms with van der Waals surface area (Å²) in [4.78, 5) is 4.27. The Labute approximate surface area is 151 Å². The monoisotopic (exact) mass is 364 g/mol. The van der Waals surface area contributed by atoms with E-state index < -0.39 is 0 Å². The van der Waals surface area contributed by atoms with Crippen LogP contribution in [-0.2, 0) is 17.0 Å². The topological polar surface area (TPSA) is 90.9 Å². The van der Waals surface area contributed by atoms with E-state index in [4.69, 9.17) is 9.26 Å². The molecule has 2 aromatic rings. The van der Waals surface area contributed by atoms with Gasteiger partial charge in [-0.2, -0.15) is 4.98 Å². The number of ether oxygens (including phenoxy) is 1. The Bertz CT molecular complexity index is 691. The van der Waals surface area contributed by atoms with Gasteiger partial charge in [0.25, 0.3) is 0 Å². The highest BCUT2D eigenvalue weighted by Gasteiger charge is 2.26. The van der Waals surface area contributed by atoms with Gasteiger partial charge in [0.2, 0.25) is 5.89 Å². The number of hydrogen-bond donors (Lipinski definition) is 1. The lowest BCUT2D eigenvalue weighted by atomic mass is 9.97. The highest BCUT2D eigenvalue weighted by molar-refractivity contribution is 7.98. The van der Waals surface area contributed by atoms with Crippen molar-refractivity contribution in [3.63, 3.8) is 0 Å². The zero-order valence-corrected chi connectivity index (χ0v) is 15.3. The quantitative estimate of drug-likeness (QED) is 0.777. The molecular weight excluding hydrogens is 340 g/mol. The summed E-state index contributed by atoms with van der Waals surface area (Å²) >= 11 is 1.61. The number of rotatable bonds is 6. The van der Waals surface area contributed by atoms with Crippen molar-refractivity contribution in [3.05, 3.63) is 17.5 Å². The number of aryl methyl sites for hydroxylation is 1. The molecule has 4 heterocycles. The Hall–Kier alpha value is -1.45. The van der Waals surface area contributed by atoms with Crippen molar-refractivity contribution in [1.29, 1.82) is 0 Å². The maximum Gasteiger partial charge on any atom is 0.223 e. The molecule has 2 aliphatic heterocycles. The Morgan fingerprint density at radius 2 is 2.12 bits per heavy atom. The molecule has 2 fully saturated rings. The van der Waals surface area contributed by atoms with Crippen LogP contribution in [0.15, 0.2) is 9.68 Å². The van der Waals surface area contributed by atoms with Gasteiger partial charge in [-0.1, -0.05) is 16.9 Å². The Kier molecular flexibility index (Phi) is 5.33. The minimum Gasteiger partial charge on any atom is -0.376 e.